The number of rotatable bonds is 2. The fourth-order valence-corrected chi connectivity index (χ4v) is 4.68. The van der Waals surface area contributed by atoms with Gasteiger partial charge in [0.2, 0.25) is 0 Å². The summed E-state index contributed by atoms with van der Waals surface area (Å²) in [6.07, 6.45) is 5.14. The van der Waals surface area contributed by atoms with E-state index in [1.807, 2.05) is 0 Å². The zero-order valence-corrected chi connectivity index (χ0v) is 8.60. The zero-order valence-electron chi connectivity index (χ0n) is 8.60. The van der Waals surface area contributed by atoms with E-state index in [0.717, 1.165) is 23.7 Å². The minimum atomic E-state index is 0.385. The van der Waals surface area contributed by atoms with Gasteiger partial charge < -0.3 is 10.2 Å². The summed E-state index contributed by atoms with van der Waals surface area (Å²) in [5.41, 5.74) is 0. The second-order valence-corrected chi connectivity index (χ2v) is 5.69. The van der Waals surface area contributed by atoms with Crippen LogP contribution in [-0.2, 0) is 0 Å². The van der Waals surface area contributed by atoms with Crippen LogP contribution in [0.1, 0.15) is 25.7 Å². The molecule has 2 heteroatoms. The van der Waals surface area contributed by atoms with E-state index in [0.29, 0.717) is 25.0 Å². The molecule has 0 aromatic heterocycles. The lowest BCUT2D eigenvalue weighted by atomic mass is 9.76. The minimum Gasteiger partial charge on any atom is -0.396 e. The van der Waals surface area contributed by atoms with Gasteiger partial charge in [0.1, 0.15) is 0 Å². The largest absolute Gasteiger partial charge is 0.396 e. The molecule has 0 aliphatic heterocycles. The molecule has 3 aliphatic rings. The second-order valence-electron chi connectivity index (χ2n) is 5.69. The Balaban J connectivity index is 1.75. The van der Waals surface area contributed by atoms with E-state index >= 15 is 0 Å². The first-order chi connectivity index (χ1) is 6.83. The molecule has 0 saturated heterocycles. The Bertz CT molecular complexity index is 226. The van der Waals surface area contributed by atoms with Crippen molar-refractivity contribution in [2.45, 2.75) is 25.7 Å². The molecule has 6 atom stereocenters. The Morgan fingerprint density at radius 3 is 2.29 bits per heavy atom. The van der Waals surface area contributed by atoms with Crippen LogP contribution in [0.25, 0.3) is 0 Å². The van der Waals surface area contributed by atoms with Crippen molar-refractivity contribution in [3.8, 4) is 0 Å². The van der Waals surface area contributed by atoms with Gasteiger partial charge in [-0.2, -0.15) is 0 Å². The van der Waals surface area contributed by atoms with Crippen molar-refractivity contribution in [1.82, 2.24) is 0 Å². The number of fused-ring (bicyclic) bond motifs is 5. The highest BCUT2D eigenvalue weighted by Crippen LogP contribution is 2.61. The first-order valence-electron chi connectivity index (χ1n) is 6.05. The van der Waals surface area contributed by atoms with E-state index < -0.39 is 0 Å². The maximum atomic E-state index is 9.28. The van der Waals surface area contributed by atoms with Gasteiger partial charge in [0.25, 0.3) is 0 Å². The van der Waals surface area contributed by atoms with Crippen LogP contribution >= 0.6 is 0 Å². The summed E-state index contributed by atoms with van der Waals surface area (Å²) in [7, 11) is 0. The Hall–Kier alpha value is -0.0800. The Labute approximate surface area is 85.3 Å². The van der Waals surface area contributed by atoms with Gasteiger partial charge in [-0.1, -0.05) is 0 Å². The van der Waals surface area contributed by atoms with E-state index in [-0.39, 0.29) is 0 Å². The van der Waals surface area contributed by atoms with E-state index in [9.17, 15) is 10.2 Å². The molecule has 2 N–H and O–H groups in total. The molecule has 2 bridgehead atoms. The standard InChI is InChI=1S/C12H20O2/c13-5-7-1-10-8-3-9(6-14)11(4-8)12(10)2-7/h7-14H,1-6H2/t7?,8-,9?,10?,11-,12?/m0/s1. The Kier molecular flexibility index (Phi) is 2.10. The van der Waals surface area contributed by atoms with Crippen LogP contribution < -0.4 is 0 Å². The number of hydrogen-bond donors (Lipinski definition) is 2. The highest BCUT2D eigenvalue weighted by atomic mass is 16.3. The number of aliphatic hydroxyl groups excluding tert-OH is 2. The molecule has 4 unspecified atom stereocenters. The molecule has 2 nitrogen and oxygen atoms in total. The third-order valence-electron chi connectivity index (χ3n) is 5.20. The normalized spacial score (nSPS) is 55.3. The molecule has 0 amide bonds. The topological polar surface area (TPSA) is 40.5 Å². The fraction of sp³-hybridized carbons (Fsp3) is 1.00. The number of aliphatic hydroxyl groups is 2. The second kappa shape index (κ2) is 3.21. The van der Waals surface area contributed by atoms with E-state index in [1.165, 1.54) is 25.7 Å². The van der Waals surface area contributed by atoms with Gasteiger partial charge in [0, 0.05) is 13.2 Å². The minimum absolute atomic E-state index is 0.385. The van der Waals surface area contributed by atoms with Gasteiger partial charge in [-0.05, 0) is 61.2 Å². The molecule has 3 fully saturated rings. The van der Waals surface area contributed by atoms with Crippen LogP contribution in [0.15, 0.2) is 0 Å². The molecule has 0 heterocycles. The first kappa shape index (κ1) is 9.17. The predicted octanol–water partition coefficient (Wildman–Crippen LogP) is 1.27. The summed E-state index contributed by atoms with van der Waals surface area (Å²) in [4.78, 5) is 0. The summed E-state index contributed by atoms with van der Waals surface area (Å²) in [5, 5.41) is 18.5. The molecule has 0 spiro atoms. The maximum Gasteiger partial charge on any atom is 0.0462 e. The summed E-state index contributed by atoms with van der Waals surface area (Å²) in [5.74, 6) is 4.61. The summed E-state index contributed by atoms with van der Waals surface area (Å²) < 4.78 is 0. The van der Waals surface area contributed by atoms with Crippen LogP contribution in [-0.4, -0.2) is 23.4 Å². The SMILES string of the molecule is OCC1CC2C(C1)[C@H]1C[C@@H]2CC1CO. The van der Waals surface area contributed by atoms with Gasteiger partial charge in [-0.15, -0.1) is 0 Å². The van der Waals surface area contributed by atoms with Gasteiger partial charge in [0.15, 0.2) is 0 Å². The van der Waals surface area contributed by atoms with Crippen molar-refractivity contribution in [3.05, 3.63) is 0 Å². The average Bonchev–Trinajstić information content (AvgIpc) is 2.87. The van der Waals surface area contributed by atoms with E-state index in [4.69, 9.17) is 0 Å². The summed E-state index contributed by atoms with van der Waals surface area (Å²) in [6, 6.07) is 0. The molecule has 80 valence electrons. The predicted molar refractivity (Wildman–Crippen MR) is 53.6 cm³/mol. The zero-order chi connectivity index (χ0) is 9.71. The number of hydrogen-bond acceptors (Lipinski definition) is 2. The fourth-order valence-electron chi connectivity index (χ4n) is 4.68. The van der Waals surface area contributed by atoms with E-state index in [1.54, 1.807) is 0 Å². The lowest BCUT2D eigenvalue weighted by Gasteiger charge is -2.30. The van der Waals surface area contributed by atoms with Crippen molar-refractivity contribution < 1.29 is 10.2 Å². The molecule has 0 aromatic carbocycles. The van der Waals surface area contributed by atoms with Crippen LogP contribution in [0.4, 0.5) is 0 Å². The van der Waals surface area contributed by atoms with Crippen molar-refractivity contribution >= 4 is 0 Å². The Morgan fingerprint density at radius 1 is 0.786 bits per heavy atom. The molecule has 3 aliphatic carbocycles. The molecular weight excluding hydrogens is 176 g/mol. The lowest BCUT2D eigenvalue weighted by molar-refractivity contribution is 0.120. The van der Waals surface area contributed by atoms with Gasteiger partial charge >= 0.3 is 0 Å². The third kappa shape index (κ3) is 1.10. The van der Waals surface area contributed by atoms with Crippen molar-refractivity contribution in [2.75, 3.05) is 13.2 Å². The maximum absolute atomic E-state index is 9.28. The van der Waals surface area contributed by atoms with Crippen molar-refractivity contribution in [1.29, 1.82) is 0 Å². The third-order valence-corrected chi connectivity index (χ3v) is 5.20. The molecular formula is C12H20O2. The lowest BCUT2D eigenvalue weighted by Crippen LogP contribution is -2.26. The van der Waals surface area contributed by atoms with Crippen LogP contribution in [0.3, 0.4) is 0 Å². The Morgan fingerprint density at radius 2 is 1.57 bits per heavy atom. The molecule has 3 saturated carbocycles. The van der Waals surface area contributed by atoms with Crippen LogP contribution in [0.5, 0.6) is 0 Å². The highest BCUT2D eigenvalue weighted by molar-refractivity contribution is 5.04. The molecule has 0 radical (unpaired) electrons. The van der Waals surface area contributed by atoms with Gasteiger partial charge in [-0.3, -0.25) is 0 Å². The van der Waals surface area contributed by atoms with Crippen LogP contribution in [0, 0.1) is 35.5 Å². The smallest absolute Gasteiger partial charge is 0.0462 e. The first-order valence-corrected chi connectivity index (χ1v) is 6.05. The van der Waals surface area contributed by atoms with Crippen molar-refractivity contribution in [3.63, 3.8) is 0 Å². The molecule has 3 rings (SSSR count). The van der Waals surface area contributed by atoms with Gasteiger partial charge in [-0.25, -0.2) is 0 Å². The summed E-state index contributed by atoms with van der Waals surface area (Å²) in [6.45, 7) is 0.782. The molecule has 14 heavy (non-hydrogen) atoms. The quantitative estimate of drug-likeness (QED) is 0.698. The highest BCUT2D eigenvalue weighted by Gasteiger charge is 2.55. The van der Waals surface area contributed by atoms with Crippen LogP contribution in [0.2, 0.25) is 0 Å². The average molecular weight is 196 g/mol. The van der Waals surface area contributed by atoms with E-state index in [2.05, 4.69) is 0 Å². The van der Waals surface area contributed by atoms with Crippen molar-refractivity contribution in [2.24, 2.45) is 35.5 Å². The van der Waals surface area contributed by atoms with Gasteiger partial charge in [0.05, 0.1) is 0 Å². The molecule has 0 aromatic rings. The summed E-state index contributed by atoms with van der Waals surface area (Å²) >= 11 is 0. The monoisotopic (exact) mass is 196 g/mol.